The quantitative estimate of drug-likeness (QED) is 0.392. The zero-order valence-electron chi connectivity index (χ0n) is 15.8. The topological polar surface area (TPSA) is 62.5 Å². The van der Waals surface area contributed by atoms with Gasteiger partial charge in [-0.1, -0.05) is 43.3 Å². The van der Waals surface area contributed by atoms with E-state index in [1.807, 2.05) is 6.07 Å². The summed E-state index contributed by atoms with van der Waals surface area (Å²) in [6, 6.07) is 10.8. The van der Waals surface area contributed by atoms with Crippen molar-refractivity contribution < 1.29 is 4.52 Å². The number of aromatic nitrogens is 1. The third-order valence-corrected chi connectivity index (χ3v) is 4.83. The van der Waals surface area contributed by atoms with Crippen molar-refractivity contribution in [3.05, 3.63) is 52.9 Å². The maximum absolute atomic E-state index is 5.37. The smallest absolute Gasteiger partial charge is 0.191 e. The summed E-state index contributed by atoms with van der Waals surface area (Å²) in [5.74, 6) is 2.54. The normalized spacial score (nSPS) is 16.8. The number of rotatable bonds is 5. The van der Waals surface area contributed by atoms with Gasteiger partial charge in [-0.25, -0.2) is 0 Å². The highest BCUT2D eigenvalue weighted by Gasteiger charge is 2.19. The first-order valence-electron chi connectivity index (χ1n) is 9.15. The molecule has 0 radical (unpaired) electrons. The molecule has 0 saturated heterocycles. The molecule has 2 N–H and O–H groups in total. The van der Waals surface area contributed by atoms with Crippen LogP contribution in [-0.4, -0.2) is 24.7 Å². The summed E-state index contributed by atoms with van der Waals surface area (Å²) in [6.07, 6.45) is 3.68. The summed E-state index contributed by atoms with van der Waals surface area (Å²) >= 11 is 0. The Hall–Kier alpha value is -1.57. The van der Waals surface area contributed by atoms with Crippen molar-refractivity contribution in [3.8, 4) is 0 Å². The van der Waals surface area contributed by atoms with Crippen LogP contribution in [0.4, 0.5) is 0 Å². The van der Waals surface area contributed by atoms with E-state index >= 15 is 0 Å². The van der Waals surface area contributed by atoms with Crippen LogP contribution in [0.25, 0.3) is 0 Å². The standard InChI is InChI=1S/C20H28N4O.HI/c1-14(2)19-11-17(25-24-19)13-23-20(21-3)22-12-16-9-6-8-15-7-4-5-10-18(15)16;/h4-5,7,10-11,14,16H,6,8-9,12-13H2,1-3H3,(H2,21,22,23);1H. The van der Waals surface area contributed by atoms with Gasteiger partial charge in [0, 0.05) is 25.6 Å². The lowest BCUT2D eigenvalue weighted by molar-refractivity contribution is 0.372. The fourth-order valence-electron chi connectivity index (χ4n) is 3.36. The van der Waals surface area contributed by atoms with E-state index in [0.29, 0.717) is 18.4 Å². The molecule has 0 bridgehead atoms. The van der Waals surface area contributed by atoms with Crippen molar-refractivity contribution in [2.45, 2.75) is 51.5 Å². The molecule has 0 amide bonds. The third-order valence-electron chi connectivity index (χ3n) is 4.83. The van der Waals surface area contributed by atoms with Crippen LogP contribution in [0, 0.1) is 0 Å². The lowest BCUT2D eigenvalue weighted by Crippen LogP contribution is -2.39. The van der Waals surface area contributed by atoms with Crippen LogP contribution in [0.3, 0.4) is 0 Å². The number of aliphatic imine (C=N–C) groups is 1. The van der Waals surface area contributed by atoms with Gasteiger partial charge in [0.2, 0.25) is 0 Å². The van der Waals surface area contributed by atoms with E-state index in [-0.39, 0.29) is 24.0 Å². The monoisotopic (exact) mass is 468 g/mol. The van der Waals surface area contributed by atoms with Crippen molar-refractivity contribution >= 4 is 29.9 Å². The van der Waals surface area contributed by atoms with Crippen molar-refractivity contribution in [1.82, 2.24) is 15.8 Å². The van der Waals surface area contributed by atoms with Gasteiger partial charge in [-0.2, -0.15) is 0 Å². The first kappa shape index (κ1) is 20.7. The molecule has 0 aliphatic heterocycles. The highest BCUT2D eigenvalue weighted by molar-refractivity contribution is 14.0. The van der Waals surface area contributed by atoms with Gasteiger partial charge in [0.05, 0.1) is 12.2 Å². The molecule has 1 heterocycles. The van der Waals surface area contributed by atoms with Crippen molar-refractivity contribution in [3.63, 3.8) is 0 Å². The van der Waals surface area contributed by atoms with E-state index < -0.39 is 0 Å². The van der Waals surface area contributed by atoms with Gasteiger partial charge in [0.25, 0.3) is 0 Å². The Balaban J connectivity index is 0.00000243. The SMILES string of the molecule is CN=C(NCc1cc(C(C)C)no1)NCC1CCCc2ccccc21.I. The van der Waals surface area contributed by atoms with Crippen LogP contribution in [0.1, 0.15) is 61.1 Å². The summed E-state index contributed by atoms with van der Waals surface area (Å²) in [4.78, 5) is 4.32. The molecule has 1 unspecified atom stereocenters. The number of halogens is 1. The lowest BCUT2D eigenvalue weighted by atomic mass is 9.83. The Labute approximate surface area is 173 Å². The maximum atomic E-state index is 5.37. The molecule has 2 aromatic rings. The molecule has 3 rings (SSSR count). The van der Waals surface area contributed by atoms with Crippen LogP contribution >= 0.6 is 24.0 Å². The Kier molecular flexibility index (Phi) is 7.93. The molecule has 1 aliphatic rings. The number of nitrogens with one attached hydrogen (secondary N) is 2. The number of guanidine groups is 1. The van der Waals surface area contributed by atoms with Gasteiger partial charge >= 0.3 is 0 Å². The molecule has 6 heteroatoms. The molecule has 26 heavy (non-hydrogen) atoms. The van der Waals surface area contributed by atoms with Gasteiger partial charge in [-0.15, -0.1) is 24.0 Å². The van der Waals surface area contributed by atoms with Gasteiger partial charge in [0.15, 0.2) is 11.7 Å². The zero-order chi connectivity index (χ0) is 17.6. The maximum Gasteiger partial charge on any atom is 0.191 e. The molecular formula is C20H29IN4O. The summed E-state index contributed by atoms with van der Waals surface area (Å²) in [7, 11) is 1.80. The summed E-state index contributed by atoms with van der Waals surface area (Å²) in [6.45, 7) is 5.69. The second-order valence-electron chi connectivity index (χ2n) is 6.97. The van der Waals surface area contributed by atoms with Crippen molar-refractivity contribution in [1.29, 1.82) is 0 Å². The van der Waals surface area contributed by atoms with E-state index in [1.165, 1.54) is 30.4 Å². The predicted octanol–water partition coefficient (Wildman–Crippen LogP) is 4.20. The fourth-order valence-corrected chi connectivity index (χ4v) is 3.36. The fraction of sp³-hybridized carbons (Fsp3) is 0.500. The zero-order valence-corrected chi connectivity index (χ0v) is 18.1. The first-order chi connectivity index (χ1) is 12.2. The Bertz CT molecular complexity index is 726. The molecule has 1 aromatic carbocycles. The number of benzene rings is 1. The predicted molar refractivity (Wildman–Crippen MR) is 116 cm³/mol. The molecule has 1 atom stereocenters. The number of fused-ring (bicyclic) bond motifs is 1. The largest absolute Gasteiger partial charge is 0.359 e. The Morgan fingerprint density at radius 1 is 1.31 bits per heavy atom. The summed E-state index contributed by atoms with van der Waals surface area (Å²) in [5.41, 5.74) is 3.96. The minimum atomic E-state index is 0. The lowest BCUT2D eigenvalue weighted by Gasteiger charge is -2.26. The molecular weight excluding hydrogens is 439 g/mol. The molecule has 5 nitrogen and oxygen atoms in total. The minimum Gasteiger partial charge on any atom is -0.359 e. The number of hydrogen-bond donors (Lipinski definition) is 2. The van der Waals surface area contributed by atoms with Gasteiger partial charge < -0.3 is 15.2 Å². The van der Waals surface area contributed by atoms with E-state index in [9.17, 15) is 0 Å². The van der Waals surface area contributed by atoms with Gasteiger partial charge in [-0.05, 0) is 36.3 Å². The molecule has 0 spiro atoms. The number of hydrogen-bond acceptors (Lipinski definition) is 3. The summed E-state index contributed by atoms with van der Waals surface area (Å²) < 4.78 is 5.37. The second kappa shape index (κ2) is 9.94. The van der Waals surface area contributed by atoms with Crippen molar-refractivity contribution in [2.24, 2.45) is 4.99 Å². The average Bonchev–Trinajstić information content (AvgIpc) is 3.11. The average molecular weight is 468 g/mol. The van der Waals surface area contributed by atoms with Crippen LogP contribution in [0.5, 0.6) is 0 Å². The Morgan fingerprint density at radius 2 is 2.12 bits per heavy atom. The van der Waals surface area contributed by atoms with E-state index in [4.69, 9.17) is 4.52 Å². The Morgan fingerprint density at radius 3 is 2.85 bits per heavy atom. The van der Waals surface area contributed by atoms with Crippen LogP contribution in [0.15, 0.2) is 39.8 Å². The highest BCUT2D eigenvalue weighted by Crippen LogP contribution is 2.30. The van der Waals surface area contributed by atoms with Crippen LogP contribution < -0.4 is 10.6 Å². The number of aryl methyl sites for hydroxylation is 1. The molecule has 142 valence electrons. The summed E-state index contributed by atoms with van der Waals surface area (Å²) in [5, 5.41) is 10.9. The van der Waals surface area contributed by atoms with Gasteiger partial charge in [0.1, 0.15) is 0 Å². The van der Waals surface area contributed by atoms with Crippen LogP contribution in [-0.2, 0) is 13.0 Å². The van der Waals surface area contributed by atoms with E-state index in [2.05, 4.69) is 58.9 Å². The van der Waals surface area contributed by atoms with Crippen molar-refractivity contribution in [2.75, 3.05) is 13.6 Å². The highest BCUT2D eigenvalue weighted by atomic mass is 127. The molecule has 0 saturated carbocycles. The molecule has 0 fully saturated rings. The first-order valence-corrected chi connectivity index (χ1v) is 9.15. The molecule has 1 aliphatic carbocycles. The number of nitrogens with zero attached hydrogens (tertiary/aromatic N) is 2. The minimum absolute atomic E-state index is 0. The van der Waals surface area contributed by atoms with E-state index in [0.717, 1.165) is 24.0 Å². The molecule has 1 aromatic heterocycles. The van der Waals surface area contributed by atoms with Gasteiger partial charge in [-0.3, -0.25) is 4.99 Å². The van der Waals surface area contributed by atoms with Crippen LogP contribution in [0.2, 0.25) is 0 Å². The van der Waals surface area contributed by atoms with E-state index in [1.54, 1.807) is 7.05 Å². The second-order valence-corrected chi connectivity index (χ2v) is 6.97. The third kappa shape index (κ3) is 5.22.